The van der Waals surface area contributed by atoms with Crippen molar-refractivity contribution >= 4 is 39.2 Å². The number of H-pyrrole nitrogens is 2. The first-order valence-electron chi connectivity index (χ1n) is 13.7. The van der Waals surface area contributed by atoms with E-state index >= 15 is 0 Å². The van der Waals surface area contributed by atoms with Gasteiger partial charge < -0.3 is 20.1 Å². The van der Waals surface area contributed by atoms with Crippen molar-refractivity contribution in [3.8, 4) is 22.8 Å². The molecule has 3 N–H and O–H groups in total. The summed E-state index contributed by atoms with van der Waals surface area (Å²) in [6.07, 6.45) is 5.44. The molecule has 0 aliphatic carbocycles. The zero-order valence-corrected chi connectivity index (χ0v) is 22.6. The van der Waals surface area contributed by atoms with Crippen molar-refractivity contribution < 1.29 is 4.79 Å². The molecule has 10 nitrogen and oxygen atoms in total. The lowest BCUT2D eigenvalue weighted by atomic mass is 10.1. The lowest BCUT2D eigenvalue weighted by Crippen LogP contribution is -2.44. The molecule has 0 unspecified atom stereocenters. The molecule has 0 bridgehead atoms. The number of carbonyl (C=O) groups excluding carboxylic acids is 1. The minimum Gasteiger partial charge on any atom is -0.367 e. The van der Waals surface area contributed by atoms with Crippen LogP contribution in [0.15, 0.2) is 79.3 Å². The monoisotopic (exact) mass is 543 g/mol. The van der Waals surface area contributed by atoms with Crippen LogP contribution in [0.1, 0.15) is 5.56 Å². The highest BCUT2D eigenvalue weighted by Gasteiger charge is 2.20. The Balaban J connectivity index is 1.18. The first kappa shape index (κ1) is 24.9. The lowest BCUT2D eigenvalue weighted by Gasteiger charge is -2.34. The van der Waals surface area contributed by atoms with Crippen LogP contribution in [0.2, 0.25) is 0 Å². The fourth-order valence-corrected chi connectivity index (χ4v) is 5.32. The van der Waals surface area contributed by atoms with Gasteiger partial charge in [-0.1, -0.05) is 36.4 Å². The van der Waals surface area contributed by atoms with Crippen LogP contribution in [0, 0.1) is 0 Å². The van der Waals surface area contributed by atoms with E-state index in [-0.39, 0.29) is 5.91 Å². The Bertz CT molecular complexity index is 1850. The van der Waals surface area contributed by atoms with Crippen LogP contribution in [0.3, 0.4) is 0 Å². The van der Waals surface area contributed by atoms with Crippen LogP contribution in [-0.4, -0.2) is 74.2 Å². The van der Waals surface area contributed by atoms with E-state index in [9.17, 15) is 4.79 Å². The largest absolute Gasteiger partial charge is 0.367 e. The molecule has 1 fully saturated rings. The van der Waals surface area contributed by atoms with Crippen LogP contribution in [0.5, 0.6) is 0 Å². The molecule has 10 heteroatoms. The number of benzene rings is 2. The number of hydrogen-bond acceptors (Lipinski definition) is 7. The molecule has 1 amide bonds. The number of anilines is 2. The first-order chi connectivity index (χ1) is 20.1. The van der Waals surface area contributed by atoms with Gasteiger partial charge in [-0.3, -0.25) is 19.9 Å². The molecule has 4 aromatic heterocycles. The second-order valence-electron chi connectivity index (χ2n) is 10.4. The molecule has 1 saturated heterocycles. The number of amides is 1. The molecule has 6 aromatic rings. The quantitative estimate of drug-likeness (QED) is 0.283. The smallest absolute Gasteiger partial charge is 0.228 e. The maximum absolute atomic E-state index is 12.6. The summed E-state index contributed by atoms with van der Waals surface area (Å²) in [5.74, 6) is 0.599. The highest BCUT2D eigenvalue weighted by Crippen LogP contribution is 2.32. The Morgan fingerprint density at radius 1 is 0.951 bits per heavy atom. The third kappa shape index (κ3) is 5.01. The predicted molar refractivity (Wildman–Crippen MR) is 161 cm³/mol. The Morgan fingerprint density at radius 2 is 1.80 bits per heavy atom. The summed E-state index contributed by atoms with van der Waals surface area (Å²) in [5.41, 5.74) is 7.68. The Labute approximate surface area is 236 Å². The summed E-state index contributed by atoms with van der Waals surface area (Å²) in [5, 5.41) is 11.5. The van der Waals surface area contributed by atoms with E-state index < -0.39 is 0 Å². The maximum Gasteiger partial charge on any atom is 0.228 e. The average molecular weight is 544 g/mol. The van der Waals surface area contributed by atoms with Crippen LogP contribution in [0.4, 0.5) is 11.4 Å². The second-order valence-corrected chi connectivity index (χ2v) is 10.4. The molecular weight excluding hydrogens is 514 g/mol. The average Bonchev–Trinajstić information content (AvgIpc) is 3.62. The van der Waals surface area contributed by atoms with Gasteiger partial charge >= 0.3 is 0 Å². The van der Waals surface area contributed by atoms with Gasteiger partial charge in [0.1, 0.15) is 11.2 Å². The molecule has 0 atom stereocenters. The molecule has 7 rings (SSSR count). The number of carbonyl (C=O) groups is 1. The minimum absolute atomic E-state index is 0.100. The summed E-state index contributed by atoms with van der Waals surface area (Å²) in [4.78, 5) is 34.8. The number of aromatic amines is 2. The first-order valence-corrected chi connectivity index (χ1v) is 13.7. The van der Waals surface area contributed by atoms with Gasteiger partial charge in [0.2, 0.25) is 5.91 Å². The van der Waals surface area contributed by atoms with Gasteiger partial charge in [-0.15, -0.1) is 0 Å². The van der Waals surface area contributed by atoms with Crippen molar-refractivity contribution in [2.24, 2.45) is 0 Å². The molecule has 2 aromatic carbocycles. The van der Waals surface area contributed by atoms with Gasteiger partial charge in [-0.25, -0.2) is 4.98 Å². The van der Waals surface area contributed by atoms with Gasteiger partial charge in [-0.05, 0) is 36.9 Å². The molecule has 0 spiro atoms. The maximum atomic E-state index is 12.6. The summed E-state index contributed by atoms with van der Waals surface area (Å²) >= 11 is 0. The van der Waals surface area contributed by atoms with Gasteiger partial charge in [-0.2, -0.15) is 5.10 Å². The molecule has 204 valence electrons. The van der Waals surface area contributed by atoms with Gasteiger partial charge in [0.05, 0.1) is 46.9 Å². The van der Waals surface area contributed by atoms with E-state index in [0.717, 1.165) is 76.3 Å². The number of likely N-dealkylation sites (N-methyl/N-ethyl adjacent to an activating group) is 1. The zero-order valence-electron chi connectivity index (χ0n) is 22.6. The number of para-hydroxylation sites is 1. The predicted octanol–water partition coefficient (Wildman–Crippen LogP) is 4.50. The third-order valence-electron chi connectivity index (χ3n) is 7.53. The minimum atomic E-state index is -0.100. The Kier molecular flexibility index (Phi) is 6.36. The van der Waals surface area contributed by atoms with Gasteiger partial charge in [0, 0.05) is 43.3 Å². The van der Waals surface area contributed by atoms with E-state index in [1.807, 2.05) is 42.5 Å². The molecule has 1 aliphatic rings. The Morgan fingerprint density at radius 3 is 2.66 bits per heavy atom. The topological polar surface area (TPSA) is 119 Å². The standard InChI is InChI=1S/C31H29N9O/c1-39-10-12-40(13-11-39)27-9-5-8-24-30(27)36-31(35-24)29-23-16-25(33-19-26(23)37-38-29)21-15-22(18-32-17-21)34-28(41)14-20-6-3-2-4-7-20/h2-9,15-19H,10-14H2,1H3,(H,34,41)(H,35,36)(H,37,38). The highest BCUT2D eigenvalue weighted by molar-refractivity contribution is 5.97. The zero-order chi connectivity index (χ0) is 27.8. The van der Waals surface area contributed by atoms with Crippen molar-refractivity contribution in [1.82, 2.24) is 35.0 Å². The number of hydrogen-bond donors (Lipinski definition) is 3. The van der Waals surface area contributed by atoms with Crippen LogP contribution in [-0.2, 0) is 11.2 Å². The molecule has 1 aliphatic heterocycles. The van der Waals surface area contributed by atoms with Crippen LogP contribution >= 0.6 is 0 Å². The van der Waals surface area contributed by atoms with Crippen LogP contribution < -0.4 is 10.2 Å². The summed E-state index contributed by atoms with van der Waals surface area (Å²) in [7, 11) is 2.16. The summed E-state index contributed by atoms with van der Waals surface area (Å²) in [6.45, 7) is 4.00. The fraction of sp³-hybridized carbons (Fsp3) is 0.194. The van der Waals surface area contributed by atoms with E-state index in [2.05, 4.69) is 65.5 Å². The van der Waals surface area contributed by atoms with E-state index in [4.69, 9.17) is 4.98 Å². The van der Waals surface area contributed by atoms with Crippen molar-refractivity contribution in [1.29, 1.82) is 0 Å². The van der Waals surface area contributed by atoms with Crippen molar-refractivity contribution in [2.75, 3.05) is 43.4 Å². The number of nitrogens with one attached hydrogen (secondary N) is 3. The second kappa shape index (κ2) is 10.5. The molecular formula is C31H29N9O. The fourth-order valence-electron chi connectivity index (χ4n) is 5.32. The number of imidazole rings is 1. The Hall–Kier alpha value is -5.09. The van der Waals surface area contributed by atoms with Gasteiger partial charge in [0.25, 0.3) is 0 Å². The van der Waals surface area contributed by atoms with E-state index in [1.54, 1.807) is 18.6 Å². The van der Waals surface area contributed by atoms with E-state index in [0.29, 0.717) is 17.9 Å². The van der Waals surface area contributed by atoms with Crippen LogP contribution in [0.25, 0.3) is 44.7 Å². The number of rotatable bonds is 6. The lowest BCUT2D eigenvalue weighted by molar-refractivity contribution is -0.115. The molecule has 0 saturated carbocycles. The molecule has 41 heavy (non-hydrogen) atoms. The number of aromatic nitrogens is 6. The SMILES string of the molecule is CN1CCN(c2cccc3[nH]c(-c4n[nH]c5cnc(-c6cncc(NC(=O)Cc7ccccc7)c6)cc45)nc23)CC1. The number of pyridine rings is 2. The van der Waals surface area contributed by atoms with E-state index in [1.165, 1.54) is 0 Å². The van der Waals surface area contributed by atoms with Gasteiger partial charge in [0.15, 0.2) is 5.82 Å². The number of piperazine rings is 1. The van der Waals surface area contributed by atoms with Crippen molar-refractivity contribution in [2.45, 2.75) is 6.42 Å². The highest BCUT2D eigenvalue weighted by atomic mass is 16.1. The summed E-state index contributed by atoms with van der Waals surface area (Å²) < 4.78 is 0. The molecule has 0 radical (unpaired) electrons. The summed E-state index contributed by atoms with van der Waals surface area (Å²) in [6, 6.07) is 19.8. The van der Waals surface area contributed by atoms with Crippen molar-refractivity contribution in [3.05, 3.63) is 84.8 Å². The number of nitrogens with zero attached hydrogens (tertiary/aromatic N) is 6. The normalized spacial score (nSPS) is 14.1. The molecule has 5 heterocycles. The number of fused-ring (bicyclic) bond motifs is 2. The third-order valence-corrected chi connectivity index (χ3v) is 7.53. The van der Waals surface area contributed by atoms with Crippen molar-refractivity contribution in [3.63, 3.8) is 0 Å².